The summed E-state index contributed by atoms with van der Waals surface area (Å²) in [5, 5.41) is 41.5. The Bertz CT molecular complexity index is 2040. The number of anilines is 1. The summed E-state index contributed by atoms with van der Waals surface area (Å²) in [5.74, 6) is -3.08. The van der Waals surface area contributed by atoms with Crippen molar-refractivity contribution in [1.29, 1.82) is 0 Å². The number of alkyl halides is 3. The molecule has 1 saturated carbocycles. The molecule has 0 saturated heterocycles. The van der Waals surface area contributed by atoms with E-state index in [2.05, 4.69) is 60.6 Å². The van der Waals surface area contributed by atoms with Crippen LogP contribution in [0.3, 0.4) is 0 Å². The van der Waals surface area contributed by atoms with E-state index in [0.717, 1.165) is 60.3 Å². The van der Waals surface area contributed by atoms with Crippen LogP contribution in [0.5, 0.6) is 0 Å². The smallest absolute Gasteiger partial charge is 0.475 e. The predicted octanol–water partition coefficient (Wildman–Crippen LogP) is 5.29. The SMILES string of the molecule is CCN(CC)CCNC(=O)c1ccc(C)c(-c2ccc(C[C@H](NC(=O)[C@H]3CC[C@H](CNC(=O)O)CC3)C(=O)Nc3ccc(-c4nn[nH]n4)cc3)cc2)c1.O=C(O)C(F)(F)F. The van der Waals surface area contributed by atoms with E-state index < -0.39 is 24.3 Å². The van der Waals surface area contributed by atoms with Gasteiger partial charge < -0.3 is 36.4 Å². The number of hydrogen-bond donors (Lipinski definition) is 7. The highest BCUT2D eigenvalue weighted by atomic mass is 19.4. The van der Waals surface area contributed by atoms with Crippen LogP contribution >= 0.6 is 0 Å². The molecule has 0 radical (unpaired) electrons. The maximum absolute atomic E-state index is 13.8. The molecule has 1 heterocycles. The third-order valence-corrected chi connectivity index (χ3v) is 10.2. The number of carbonyl (C=O) groups excluding carboxylic acids is 3. The van der Waals surface area contributed by atoms with E-state index in [1.807, 2.05) is 49.4 Å². The molecule has 1 atom stereocenters. The van der Waals surface area contributed by atoms with Gasteiger partial charge in [0.1, 0.15) is 6.04 Å². The maximum atomic E-state index is 13.8. The molecule has 1 aliphatic rings. The van der Waals surface area contributed by atoms with Crippen molar-refractivity contribution >= 4 is 35.5 Å². The Morgan fingerprint density at radius 3 is 2.08 bits per heavy atom. The Kier molecular flexibility index (Phi) is 17.1. The highest BCUT2D eigenvalue weighted by Crippen LogP contribution is 2.29. The second kappa shape index (κ2) is 22.1. The van der Waals surface area contributed by atoms with E-state index in [1.54, 1.807) is 24.3 Å². The largest absolute Gasteiger partial charge is 0.490 e. The Balaban J connectivity index is 0.00000104. The minimum atomic E-state index is -5.08. The van der Waals surface area contributed by atoms with Crippen LogP contribution in [0.2, 0.25) is 0 Å². The van der Waals surface area contributed by atoms with Gasteiger partial charge >= 0.3 is 18.2 Å². The molecule has 19 heteroatoms. The van der Waals surface area contributed by atoms with Gasteiger partial charge in [0.25, 0.3) is 5.91 Å². The molecule has 3 aromatic carbocycles. The van der Waals surface area contributed by atoms with E-state index in [1.165, 1.54) is 0 Å². The summed E-state index contributed by atoms with van der Waals surface area (Å²) in [6, 6.07) is 19.7. The molecule has 0 aliphatic heterocycles. The van der Waals surface area contributed by atoms with Crippen LogP contribution in [0.1, 0.15) is 61.0 Å². The lowest BCUT2D eigenvalue weighted by Crippen LogP contribution is -2.48. The van der Waals surface area contributed by atoms with Gasteiger partial charge in [0.15, 0.2) is 0 Å². The van der Waals surface area contributed by atoms with Gasteiger partial charge in [-0.2, -0.15) is 18.4 Å². The second-order valence-corrected chi connectivity index (χ2v) is 14.3. The summed E-state index contributed by atoms with van der Waals surface area (Å²) >= 11 is 0. The highest BCUT2D eigenvalue weighted by molar-refractivity contribution is 5.98. The summed E-state index contributed by atoms with van der Waals surface area (Å²) in [6.45, 7) is 9.81. The van der Waals surface area contributed by atoms with Gasteiger partial charge in [-0.3, -0.25) is 14.4 Å². The normalized spacial score (nSPS) is 15.5. The minimum Gasteiger partial charge on any atom is -0.475 e. The van der Waals surface area contributed by atoms with Crippen molar-refractivity contribution in [2.24, 2.45) is 11.8 Å². The van der Waals surface area contributed by atoms with E-state index in [9.17, 15) is 32.3 Å². The molecule has 60 heavy (non-hydrogen) atoms. The fourth-order valence-corrected chi connectivity index (χ4v) is 6.68. The Morgan fingerprint density at radius 1 is 0.883 bits per heavy atom. The number of halogens is 3. The van der Waals surface area contributed by atoms with Gasteiger partial charge in [-0.15, -0.1) is 10.2 Å². The van der Waals surface area contributed by atoms with Crippen LogP contribution in [0.4, 0.5) is 23.7 Å². The summed E-state index contributed by atoms with van der Waals surface area (Å²) in [6.07, 6.45) is -3.20. The number of likely N-dealkylation sites (N-methyl/N-ethyl adjacent to an activating group) is 1. The van der Waals surface area contributed by atoms with E-state index in [0.29, 0.717) is 43.0 Å². The number of H-pyrrole nitrogens is 1. The quantitative estimate of drug-likeness (QED) is 0.0767. The number of carbonyl (C=O) groups is 5. The molecule has 322 valence electrons. The molecular formula is C41H50F3N9O7. The number of tetrazole rings is 1. The summed E-state index contributed by atoms with van der Waals surface area (Å²) in [5.41, 5.74) is 5.63. The van der Waals surface area contributed by atoms with E-state index in [-0.39, 0.29) is 36.0 Å². The first-order valence-corrected chi connectivity index (χ1v) is 19.5. The van der Waals surface area contributed by atoms with Crippen molar-refractivity contribution in [1.82, 2.24) is 41.5 Å². The topological polar surface area (TPSA) is 232 Å². The molecule has 5 rings (SSSR count). The van der Waals surface area contributed by atoms with Crippen molar-refractivity contribution in [2.45, 2.75) is 65.1 Å². The predicted molar refractivity (Wildman–Crippen MR) is 216 cm³/mol. The average molecular weight is 838 g/mol. The number of aliphatic carboxylic acids is 1. The number of carboxylic acids is 1. The lowest BCUT2D eigenvalue weighted by molar-refractivity contribution is -0.192. The van der Waals surface area contributed by atoms with Crippen molar-refractivity contribution in [3.63, 3.8) is 0 Å². The van der Waals surface area contributed by atoms with E-state index in [4.69, 9.17) is 15.0 Å². The zero-order valence-corrected chi connectivity index (χ0v) is 33.5. The lowest BCUT2D eigenvalue weighted by Gasteiger charge is -2.29. The standard InChI is InChI=1S/C39H49N9O5.C2HF3O2/c1-4-48(5-2)21-20-40-36(49)31-11-6-25(3)33(23-31)28-12-7-26(8-13-28)22-34(43-37(50)30-14-9-27(10-15-30)24-41-39(52)53)38(51)42-32-18-16-29(17-19-32)35-44-46-47-45-35;3-2(4,5)1(6)7/h6-8,11-13,16-19,23,27,30,34,41H,4-5,9-10,14-15,20-22,24H2,1-3H3,(H,40,49)(H,42,51)(H,43,50)(H,52,53)(H,44,45,46,47);(H,6,7)/t27-,30-,34-;/m0./s1. The summed E-state index contributed by atoms with van der Waals surface area (Å²) < 4.78 is 31.7. The Morgan fingerprint density at radius 2 is 1.52 bits per heavy atom. The van der Waals surface area contributed by atoms with Crippen molar-refractivity contribution < 1.29 is 47.4 Å². The Labute approximate surface area is 344 Å². The molecule has 0 spiro atoms. The van der Waals surface area contributed by atoms with Gasteiger partial charge in [-0.05, 0) is 115 Å². The van der Waals surface area contributed by atoms with Gasteiger partial charge in [0.05, 0.1) is 0 Å². The molecule has 1 aromatic heterocycles. The van der Waals surface area contributed by atoms with Gasteiger partial charge in [-0.25, -0.2) is 9.59 Å². The first-order chi connectivity index (χ1) is 28.6. The monoisotopic (exact) mass is 837 g/mol. The Hall–Kier alpha value is -6.37. The molecule has 4 amide bonds. The van der Waals surface area contributed by atoms with Crippen molar-refractivity contribution in [3.8, 4) is 22.5 Å². The fraction of sp³-hybridized carbons (Fsp3) is 0.415. The van der Waals surface area contributed by atoms with Crippen LogP contribution in [0.15, 0.2) is 66.7 Å². The number of carboxylic acid groups (broad SMARTS) is 2. The van der Waals surface area contributed by atoms with Gasteiger partial charge in [-0.1, -0.05) is 44.2 Å². The zero-order chi connectivity index (χ0) is 43.8. The van der Waals surface area contributed by atoms with Crippen LogP contribution in [0, 0.1) is 18.8 Å². The fourth-order valence-electron chi connectivity index (χ4n) is 6.68. The minimum absolute atomic E-state index is 0.116. The first kappa shape index (κ1) is 46.3. The average Bonchev–Trinajstić information content (AvgIpc) is 3.77. The molecule has 4 aromatic rings. The second-order valence-electron chi connectivity index (χ2n) is 14.3. The van der Waals surface area contributed by atoms with Gasteiger partial charge in [0, 0.05) is 48.8 Å². The number of nitrogens with one attached hydrogen (secondary N) is 5. The first-order valence-electron chi connectivity index (χ1n) is 19.5. The third-order valence-electron chi connectivity index (χ3n) is 10.2. The van der Waals surface area contributed by atoms with Crippen LogP contribution in [-0.4, -0.2) is 110 Å². The number of hydrogen-bond acceptors (Lipinski definition) is 9. The van der Waals surface area contributed by atoms with E-state index >= 15 is 0 Å². The molecule has 16 nitrogen and oxygen atoms in total. The highest BCUT2D eigenvalue weighted by Gasteiger charge is 2.38. The number of aromatic nitrogens is 4. The lowest BCUT2D eigenvalue weighted by atomic mass is 9.81. The number of benzene rings is 3. The number of rotatable bonds is 16. The number of nitrogens with zero attached hydrogens (tertiary/aromatic N) is 4. The van der Waals surface area contributed by atoms with Crippen LogP contribution in [-0.2, 0) is 20.8 Å². The molecule has 7 N–H and O–H groups in total. The van der Waals surface area contributed by atoms with Crippen LogP contribution < -0.4 is 21.3 Å². The number of amides is 4. The molecule has 0 bridgehead atoms. The van der Waals surface area contributed by atoms with Crippen molar-refractivity contribution in [2.75, 3.05) is 38.0 Å². The van der Waals surface area contributed by atoms with Crippen LogP contribution in [0.25, 0.3) is 22.5 Å². The molecule has 1 fully saturated rings. The van der Waals surface area contributed by atoms with Crippen molar-refractivity contribution in [3.05, 3.63) is 83.4 Å². The summed E-state index contributed by atoms with van der Waals surface area (Å²) in [7, 11) is 0. The summed E-state index contributed by atoms with van der Waals surface area (Å²) in [4.78, 5) is 62.4. The number of aromatic amines is 1. The third kappa shape index (κ3) is 14.2. The molecule has 1 aliphatic carbocycles. The molecular weight excluding hydrogens is 788 g/mol. The van der Waals surface area contributed by atoms with Gasteiger partial charge in [0.2, 0.25) is 17.6 Å². The zero-order valence-electron chi connectivity index (χ0n) is 33.5. The molecule has 0 unspecified atom stereocenters. The maximum Gasteiger partial charge on any atom is 0.490 e. The number of aryl methyl sites for hydroxylation is 1.